The summed E-state index contributed by atoms with van der Waals surface area (Å²) in [4.78, 5) is 5.05. The second-order valence-electron chi connectivity index (χ2n) is 2.69. The first-order valence-electron chi connectivity index (χ1n) is 4.00. The minimum atomic E-state index is 0.300. The molecular weight excluding hydrogens is 190 g/mol. The quantitative estimate of drug-likeness (QED) is 0.575. The van der Waals surface area contributed by atoms with Crippen LogP contribution in [0, 0.1) is 4.84 Å². The van der Waals surface area contributed by atoms with Crippen molar-refractivity contribution >= 4 is 18.2 Å². The molecule has 0 saturated carbocycles. The molecule has 1 heterocycles. The Morgan fingerprint density at radius 1 is 1.69 bits per heavy atom. The highest BCUT2D eigenvalue weighted by Gasteiger charge is 2.03. The second-order valence-corrected chi connectivity index (χ2v) is 3.06. The van der Waals surface area contributed by atoms with Gasteiger partial charge in [-0.3, -0.25) is 4.98 Å². The molecule has 0 aliphatic carbocycles. The summed E-state index contributed by atoms with van der Waals surface area (Å²) >= 11 is 4.75. The van der Waals surface area contributed by atoms with Crippen LogP contribution in [0.4, 0.5) is 5.95 Å². The van der Waals surface area contributed by atoms with Crippen molar-refractivity contribution in [2.24, 2.45) is 0 Å². The molecule has 1 N–H and O–H groups in total. The van der Waals surface area contributed by atoms with Gasteiger partial charge in [-0.25, -0.2) is 0 Å². The maximum absolute atomic E-state index is 4.93. The van der Waals surface area contributed by atoms with Gasteiger partial charge < -0.3 is 14.2 Å². The van der Waals surface area contributed by atoms with E-state index < -0.39 is 0 Å². The maximum Gasteiger partial charge on any atom is 0.296 e. The third kappa shape index (κ3) is 3.16. The Bertz CT molecular complexity index is 296. The highest BCUT2D eigenvalue weighted by Crippen LogP contribution is 2.04. The van der Waals surface area contributed by atoms with Gasteiger partial charge in [0.2, 0.25) is 5.95 Å². The molecule has 0 unspecified atom stereocenters. The lowest BCUT2D eigenvalue weighted by molar-refractivity contribution is 0.196. The molecule has 74 valence electrons. The lowest BCUT2D eigenvalue weighted by Gasteiger charge is -2.13. The lowest BCUT2D eigenvalue weighted by atomic mass is 10.4. The zero-order valence-electron chi connectivity index (χ0n) is 7.74. The van der Waals surface area contributed by atoms with Crippen molar-refractivity contribution in [1.29, 1.82) is 0 Å². The Kier molecular flexibility index (Phi) is 3.91. The van der Waals surface area contributed by atoms with Gasteiger partial charge in [0, 0.05) is 27.3 Å². The molecular formula is C7H13N3O2S. The van der Waals surface area contributed by atoms with Crippen molar-refractivity contribution < 1.29 is 9.26 Å². The smallest absolute Gasteiger partial charge is 0.296 e. The average Bonchev–Trinajstić information content (AvgIpc) is 2.52. The number of anilines is 1. The van der Waals surface area contributed by atoms with E-state index in [0.717, 1.165) is 19.6 Å². The Morgan fingerprint density at radius 2 is 2.46 bits per heavy atom. The average molecular weight is 203 g/mol. The molecule has 0 fully saturated rings. The van der Waals surface area contributed by atoms with E-state index >= 15 is 0 Å². The molecule has 0 amide bonds. The van der Waals surface area contributed by atoms with Crippen LogP contribution in [0.1, 0.15) is 6.42 Å². The number of H-pyrrole nitrogens is 1. The third-order valence-electron chi connectivity index (χ3n) is 1.63. The first kappa shape index (κ1) is 10.2. The normalized spacial score (nSPS) is 10.3. The monoisotopic (exact) mass is 203 g/mol. The number of methoxy groups -OCH3 is 1. The summed E-state index contributed by atoms with van der Waals surface area (Å²) in [7, 11) is 3.60. The van der Waals surface area contributed by atoms with Crippen molar-refractivity contribution in [2.75, 3.05) is 32.2 Å². The Hall–Kier alpha value is -0.880. The van der Waals surface area contributed by atoms with Crippen molar-refractivity contribution in [3.63, 3.8) is 0 Å². The number of hydrogen-bond donors (Lipinski definition) is 1. The zero-order chi connectivity index (χ0) is 9.68. The van der Waals surface area contributed by atoms with E-state index in [1.165, 1.54) is 0 Å². The molecule has 0 saturated heterocycles. The van der Waals surface area contributed by atoms with Crippen LogP contribution in [0.25, 0.3) is 0 Å². The van der Waals surface area contributed by atoms with Crippen LogP contribution in [0.15, 0.2) is 4.52 Å². The van der Waals surface area contributed by atoms with Gasteiger partial charge in [-0.05, 0) is 23.8 Å². The predicted octanol–water partition coefficient (Wildman–Crippen LogP) is 1.20. The SMILES string of the molecule is COCCCN(C)c1noc(=S)[nH]1. The predicted molar refractivity (Wildman–Crippen MR) is 51.5 cm³/mol. The number of nitrogens with zero attached hydrogens (tertiary/aromatic N) is 2. The molecule has 0 bridgehead atoms. The summed E-state index contributed by atoms with van der Waals surface area (Å²) in [5, 5.41) is 3.74. The third-order valence-corrected chi connectivity index (χ3v) is 1.81. The van der Waals surface area contributed by atoms with E-state index in [2.05, 4.69) is 10.1 Å². The van der Waals surface area contributed by atoms with Gasteiger partial charge in [0.25, 0.3) is 4.84 Å². The maximum atomic E-state index is 4.93. The first-order valence-corrected chi connectivity index (χ1v) is 4.41. The molecule has 6 heteroatoms. The van der Waals surface area contributed by atoms with E-state index in [1.54, 1.807) is 7.11 Å². The number of rotatable bonds is 5. The van der Waals surface area contributed by atoms with Crippen molar-refractivity contribution in [3.8, 4) is 0 Å². The van der Waals surface area contributed by atoms with Gasteiger partial charge in [-0.15, -0.1) is 0 Å². The van der Waals surface area contributed by atoms with Crippen molar-refractivity contribution in [1.82, 2.24) is 10.1 Å². The first-order chi connectivity index (χ1) is 6.24. The fourth-order valence-electron chi connectivity index (χ4n) is 0.939. The number of aromatic nitrogens is 2. The summed E-state index contributed by atoms with van der Waals surface area (Å²) in [6.07, 6.45) is 0.945. The molecule has 1 rings (SSSR count). The molecule has 0 radical (unpaired) electrons. The molecule has 1 aromatic rings. The minimum absolute atomic E-state index is 0.300. The van der Waals surface area contributed by atoms with Gasteiger partial charge in [-0.2, -0.15) is 0 Å². The van der Waals surface area contributed by atoms with Crippen LogP contribution >= 0.6 is 12.2 Å². The van der Waals surface area contributed by atoms with E-state index in [1.807, 2.05) is 11.9 Å². The summed E-state index contributed by atoms with van der Waals surface area (Å²) < 4.78 is 9.66. The number of nitrogens with one attached hydrogen (secondary N) is 1. The van der Waals surface area contributed by atoms with Crippen molar-refractivity contribution in [2.45, 2.75) is 6.42 Å². The van der Waals surface area contributed by atoms with Crippen molar-refractivity contribution in [3.05, 3.63) is 4.84 Å². The van der Waals surface area contributed by atoms with Gasteiger partial charge in [0.05, 0.1) is 0 Å². The van der Waals surface area contributed by atoms with Gasteiger partial charge >= 0.3 is 0 Å². The zero-order valence-corrected chi connectivity index (χ0v) is 8.56. The van der Waals surface area contributed by atoms with Gasteiger partial charge in [0.15, 0.2) is 0 Å². The highest BCUT2D eigenvalue weighted by molar-refractivity contribution is 7.71. The fourth-order valence-corrected chi connectivity index (χ4v) is 1.07. The van der Waals surface area contributed by atoms with E-state index in [4.69, 9.17) is 21.5 Å². The van der Waals surface area contributed by atoms with Crippen LogP contribution in [-0.2, 0) is 4.74 Å². The molecule has 5 nitrogen and oxygen atoms in total. The highest BCUT2D eigenvalue weighted by atomic mass is 32.1. The Balaban J connectivity index is 2.39. The molecule has 0 spiro atoms. The van der Waals surface area contributed by atoms with E-state index in [0.29, 0.717) is 10.8 Å². The molecule has 0 aromatic carbocycles. The largest absolute Gasteiger partial charge is 0.385 e. The molecule has 1 aromatic heterocycles. The lowest BCUT2D eigenvalue weighted by Crippen LogP contribution is -2.20. The van der Waals surface area contributed by atoms with Gasteiger partial charge in [0.1, 0.15) is 0 Å². The Morgan fingerprint density at radius 3 is 3.00 bits per heavy atom. The van der Waals surface area contributed by atoms with Crippen LogP contribution in [0.2, 0.25) is 0 Å². The minimum Gasteiger partial charge on any atom is -0.385 e. The number of aromatic amines is 1. The molecule has 13 heavy (non-hydrogen) atoms. The van der Waals surface area contributed by atoms with Crippen LogP contribution in [0.3, 0.4) is 0 Å². The van der Waals surface area contributed by atoms with Crippen LogP contribution in [-0.4, -0.2) is 37.4 Å². The number of ether oxygens (including phenoxy) is 1. The number of hydrogen-bond acceptors (Lipinski definition) is 5. The molecule has 0 aliphatic rings. The Labute approximate surface area is 81.7 Å². The summed E-state index contributed by atoms with van der Waals surface area (Å²) in [5.74, 6) is 0.654. The molecule has 0 atom stereocenters. The van der Waals surface area contributed by atoms with E-state index in [-0.39, 0.29) is 0 Å². The van der Waals surface area contributed by atoms with Crippen LogP contribution in [0.5, 0.6) is 0 Å². The standard InChI is InChI=1S/C7H13N3O2S/c1-10(4-3-5-11-2)6-8-7(13)12-9-6/h3-5H2,1-2H3,(H,8,9,13). The summed E-state index contributed by atoms with van der Waals surface area (Å²) in [6, 6.07) is 0. The van der Waals surface area contributed by atoms with Crippen LogP contribution < -0.4 is 4.90 Å². The fraction of sp³-hybridized carbons (Fsp3) is 0.714. The van der Waals surface area contributed by atoms with E-state index in [9.17, 15) is 0 Å². The molecule has 0 aliphatic heterocycles. The van der Waals surface area contributed by atoms with Gasteiger partial charge in [-0.1, -0.05) is 0 Å². The summed E-state index contributed by atoms with van der Waals surface area (Å²) in [5.41, 5.74) is 0. The second kappa shape index (κ2) is 4.98. The summed E-state index contributed by atoms with van der Waals surface area (Å²) in [6.45, 7) is 1.59. The topological polar surface area (TPSA) is 54.3 Å².